The highest BCUT2D eigenvalue weighted by Crippen LogP contribution is 2.30. The number of aryl methyl sites for hydroxylation is 1. The molecule has 1 fully saturated rings. The smallest absolute Gasteiger partial charge is 0.354 e. The molecule has 4 aromatic rings. The monoisotopic (exact) mass is 483 g/mol. The largest absolute Gasteiger partial charge is 0.477 e. The van der Waals surface area contributed by atoms with Crippen molar-refractivity contribution >= 4 is 34.9 Å². The lowest BCUT2D eigenvalue weighted by molar-refractivity contribution is 0.0690. The zero-order valence-corrected chi connectivity index (χ0v) is 19.7. The minimum Gasteiger partial charge on any atom is -0.477 e. The normalized spacial score (nSPS) is 13.3. The van der Waals surface area contributed by atoms with E-state index in [0.717, 1.165) is 43.7 Å². The Balaban J connectivity index is 1.38. The molecule has 1 saturated heterocycles. The van der Waals surface area contributed by atoms with Gasteiger partial charge in [-0.05, 0) is 56.5 Å². The summed E-state index contributed by atoms with van der Waals surface area (Å²) in [5.74, 6) is 0.885. The molecule has 4 aromatic heterocycles. The minimum absolute atomic E-state index is 0.000115. The summed E-state index contributed by atoms with van der Waals surface area (Å²) in [4.78, 5) is 40.0. The third kappa shape index (κ3) is 5.35. The molecule has 11 nitrogen and oxygen atoms in total. The van der Waals surface area contributed by atoms with Crippen molar-refractivity contribution in [2.24, 2.45) is 0 Å². The van der Waals surface area contributed by atoms with Gasteiger partial charge in [-0.3, -0.25) is 0 Å². The summed E-state index contributed by atoms with van der Waals surface area (Å²) < 4.78 is 0. The summed E-state index contributed by atoms with van der Waals surface area (Å²) in [5, 5.41) is 15.8. The Bertz CT molecular complexity index is 1390. The molecule has 0 bridgehead atoms. The molecule has 0 aromatic carbocycles. The van der Waals surface area contributed by atoms with Crippen LogP contribution in [0.1, 0.15) is 35.4 Å². The second-order valence-electron chi connectivity index (χ2n) is 8.38. The Labute approximate surface area is 207 Å². The van der Waals surface area contributed by atoms with Crippen LogP contribution in [0.3, 0.4) is 0 Å². The van der Waals surface area contributed by atoms with E-state index in [0.29, 0.717) is 34.8 Å². The highest BCUT2D eigenvalue weighted by Gasteiger charge is 2.18. The highest BCUT2D eigenvalue weighted by molar-refractivity contribution is 5.88. The molecule has 0 radical (unpaired) electrons. The van der Waals surface area contributed by atoms with E-state index in [1.807, 2.05) is 25.1 Å². The van der Waals surface area contributed by atoms with Crippen molar-refractivity contribution in [3.05, 3.63) is 66.4 Å². The zero-order valence-electron chi connectivity index (χ0n) is 19.7. The molecular weight excluding hydrogens is 458 g/mol. The van der Waals surface area contributed by atoms with Crippen LogP contribution in [-0.4, -0.2) is 54.1 Å². The molecule has 1 aliphatic rings. The third-order valence-corrected chi connectivity index (χ3v) is 5.73. The molecule has 1 aliphatic heterocycles. The molecule has 0 aliphatic carbocycles. The Morgan fingerprint density at radius 1 is 0.917 bits per heavy atom. The lowest BCUT2D eigenvalue weighted by Crippen LogP contribution is -2.30. The molecule has 11 heteroatoms. The van der Waals surface area contributed by atoms with Crippen LogP contribution in [0.5, 0.6) is 0 Å². The highest BCUT2D eigenvalue weighted by atomic mass is 16.4. The van der Waals surface area contributed by atoms with Crippen LogP contribution in [0.2, 0.25) is 0 Å². The van der Waals surface area contributed by atoms with E-state index in [1.54, 1.807) is 30.6 Å². The second-order valence-corrected chi connectivity index (χ2v) is 8.38. The minimum atomic E-state index is -1.06. The Morgan fingerprint density at radius 3 is 2.47 bits per heavy atom. The van der Waals surface area contributed by atoms with Crippen molar-refractivity contribution in [1.29, 1.82) is 0 Å². The summed E-state index contributed by atoms with van der Waals surface area (Å²) in [5.41, 5.74) is 2.99. The number of hydrogen-bond donors (Lipinski definition) is 3. The van der Waals surface area contributed by atoms with Crippen LogP contribution in [0.25, 0.3) is 11.5 Å². The Hall–Kier alpha value is -4.67. The van der Waals surface area contributed by atoms with Crippen molar-refractivity contribution in [1.82, 2.24) is 29.9 Å². The number of aromatic nitrogens is 6. The lowest BCUT2D eigenvalue weighted by atomic mass is 10.1. The molecule has 0 amide bonds. The third-order valence-electron chi connectivity index (χ3n) is 5.73. The maximum Gasteiger partial charge on any atom is 0.354 e. The van der Waals surface area contributed by atoms with Crippen LogP contribution in [0.4, 0.5) is 29.0 Å². The van der Waals surface area contributed by atoms with Gasteiger partial charge in [0.15, 0.2) is 5.82 Å². The zero-order chi connectivity index (χ0) is 24.9. The van der Waals surface area contributed by atoms with Gasteiger partial charge in [0.05, 0.1) is 17.6 Å². The van der Waals surface area contributed by atoms with E-state index < -0.39 is 5.97 Å². The number of rotatable bonds is 7. The number of hydrogen-bond acceptors (Lipinski definition) is 10. The van der Waals surface area contributed by atoms with Gasteiger partial charge in [-0.1, -0.05) is 6.07 Å². The van der Waals surface area contributed by atoms with Gasteiger partial charge in [0.1, 0.15) is 23.0 Å². The Kier molecular flexibility index (Phi) is 6.61. The summed E-state index contributed by atoms with van der Waals surface area (Å²) in [6.45, 7) is 3.63. The van der Waals surface area contributed by atoms with Crippen LogP contribution < -0.4 is 15.5 Å². The SMILES string of the molecule is Cc1cccc(-c2nccc(Nc3ccnc(Nc4cnc(C(=O)O)cc4N4CCCCC4)n3)n2)n1. The van der Waals surface area contributed by atoms with Crippen molar-refractivity contribution in [2.45, 2.75) is 26.2 Å². The number of anilines is 5. The predicted octanol–water partition coefficient (Wildman–Crippen LogP) is 4.21. The van der Waals surface area contributed by atoms with Crippen molar-refractivity contribution in [2.75, 3.05) is 28.6 Å². The molecule has 3 N–H and O–H groups in total. The van der Waals surface area contributed by atoms with Crippen LogP contribution in [0, 0.1) is 6.92 Å². The predicted molar refractivity (Wildman–Crippen MR) is 136 cm³/mol. The molecule has 0 spiro atoms. The maximum absolute atomic E-state index is 11.5. The number of pyridine rings is 2. The number of nitrogens with zero attached hydrogens (tertiary/aromatic N) is 7. The lowest BCUT2D eigenvalue weighted by Gasteiger charge is -2.30. The quantitative estimate of drug-likeness (QED) is 0.348. The van der Waals surface area contributed by atoms with Crippen molar-refractivity contribution < 1.29 is 9.90 Å². The van der Waals surface area contributed by atoms with Crippen LogP contribution >= 0.6 is 0 Å². The number of piperidine rings is 1. The first-order valence-corrected chi connectivity index (χ1v) is 11.7. The van der Waals surface area contributed by atoms with E-state index in [-0.39, 0.29) is 5.69 Å². The van der Waals surface area contributed by atoms with Crippen molar-refractivity contribution in [3.8, 4) is 11.5 Å². The maximum atomic E-state index is 11.5. The summed E-state index contributed by atoms with van der Waals surface area (Å²) in [7, 11) is 0. The molecular formula is C25H25N9O2. The standard InChI is InChI=1S/C25H25N9O2/c1-16-6-5-7-17(29-16)23-26-10-8-21(32-23)31-22-9-11-27-25(33-22)30-19-15-28-18(24(35)36)14-20(19)34-12-3-2-4-13-34/h5-11,14-15H,2-4,12-13H2,1H3,(H,35,36)(H2,26,27,30,31,32,33). The van der Waals surface area contributed by atoms with Gasteiger partial charge in [-0.15, -0.1) is 0 Å². The van der Waals surface area contributed by atoms with E-state index in [9.17, 15) is 9.90 Å². The molecule has 5 heterocycles. The molecule has 0 unspecified atom stereocenters. The fraction of sp³-hybridized carbons (Fsp3) is 0.240. The first kappa shape index (κ1) is 23.1. The van der Waals surface area contributed by atoms with Crippen LogP contribution in [-0.2, 0) is 0 Å². The number of aromatic carboxylic acids is 1. The van der Waals surface area contributed by atoms with Gasteiger partial charge in [0.2, 0.25) is 5.95 Å². The topological polar surface area (TPSA) is 142 Å². The number of carboxylic acids is 1. The summed E-state index contributed by atoms with van der Waals surface area (Å²) in [6, 6.07) is 10.8. The molecule has 36 heavy (non-hydrogen) atoms. The first-order valence-electron chi connectivity index (χ1n) is 11.7. The van der Waals surface area contributed by atoms with Crippen LogP contribution in [0.15, 0.2) is 55.0 Å². The van der Waals surface area contributed by atoms with E-state index in [1.165, 1.54) is 6.20 Å². The van der Waals surface area contributed by atoms with Crippen molar-refractivity contribution in [3.63, 3.8) is 0 Å². The number of carbonyl (C=O) groups is 1. The van der Waals surface area contributed by atoms with E-state index >= 15 is 0 Å². The van der Waals surface area contributed by atoms with Gasteiger partial charge in [0.25, 0.3) is 0 Å². The van der Waals surface area contributed by atoms with Gasteiger partial charge in [0, 0.05) is 31.2 Å². The van der Waals surface area contributed by atoms with Gasteiger partial charge in [-0.25, -0.2) is 29.7 Å². The fourth-order valence-corrected chi connectivity index (χ4v) is 4.01. The van der Waals surface area contributed by atoms with E-state index in [4.69, 9.17) is 0 Å². The van der Waals surface area contributed by atoms with Gasteiger partial charge in [-0.2, -0.15) is 4.98 Å². The molecule has 182 valence electrons. The summed E-state index contributed by atoms with van der Waals surface area (Å²) in [6.07, 6.45) is 8.08. The molecule has 0 saturated carbocycles. The number of carboxylic acid groups (broad SMARTS) is 1. The number of nitrogens with one attached hydrogen (secondary N) is 2. The van der Waals surface area contributed by atoms with Gasteiger partial charge < -0.3 is 20.6 Å². The molecule has 0 atom stereocenters. The van der Waals surface area contributed by atoms with E-state index in [2.05, 4.69) is 45.4 Å². The summed E-state index contributed by atoms with van der Waals surface area (Å²) >= 11 is 0. The Morgan fingerprint density at radius 2 is 1.69 bits per heavy atom. The second kappa shape index (κ2) is 10.3. The molecule has 5 rings (SSSR count). The first-order chi connectivity index (χ1) is 17.5. The fourth-order valence-electron chi connectivity index (χ4n) is 4.01. The average Bonchev–Trinajstić information content (AvgIpc) is 2.90. The van der Waals surface area contributed by atoms with Gasteiger partial charge >= 0.3 is 5.97 Å². The average molecular weight is 484 g/mol.